The van der Waals surface area contributed by atoms with Crippen LogP contribution in [0.1, 0.15) is 35.8 Å². The lowest BCUT2D eigenvalue weighted by molar-refractivity contribution is 0.0963. The third-order valence-electron chi connectivity index (χ3n) is 6.18. The molecular weight excluding hydrogens is 402 g/mol. The van der Waals surface area contributed by atoms with E-state index >= 15 is 0 Å². The number of carbonyl (C=O) groups is 1. The predicted octanol–water partition coefficient (Wildman–Crippen LogP) is 3.23. The van der Waals surface area contributed by atoms with E-state index < -0.39 is 0 Å². The van der Waals surface area contributed by atoms with Gasteiger partial charge in [0.2, 0.25) is 0 Å². The molecule has 4 aromatic rings. The fraction of sp³-hybridized carbons (Fsp3) is 0.333. The van der Waals surface area contributed by atoms with Crippen molar-refractivity contribution in [2.24, 2.45) is 7.05 Å². The molecule has 1 amide bonds. The number of imidazole rings is 1. The summed E-state index contributed by atoms with van der Waals surface area (Å²) in [6.07, 6.45) is 6.25. The summed E-state index contributed by atoms with van der Waals surface area (Å²) in [6.45, 7) is 3.88. The van der Waals surface area contributed by atoms with Crippen molar-refractivity contribution >= 4 is 22.8 Å². The van der Waals surface area contributed by atoms with E-state index in [0.717, 1.165) is 40.5 Å². The Kier molecular flexibility index (Phi) is 5.13. The van der Waals surface area contributed by atoms with E-state index in [0.29, 0.717) is 18.2 Å². The van der Waals surface area contributed by atoms with Crippen LogP contribution < -0.4 is 10.2 Å². The smallest absolute Gasteiger partial charge is 0.251 e. The molecule has 8 nitrogen and oxygen atoms in total. The van der Waals surface area contributed by atoms with Crippen LogP contribution in [0.5, 0.6) is 0 Å². The Balaban J connectivity index is 1.58. The number of hydrogen-bond acceptors (Lipinski definition) is 5. The molecule has 32 heavy (non-hydrogen) atoms. The van der Waals surface area contributed by atoms with Gasteiger partial charge in [0.25, 0.3) is 5.91 Å². The van der Waals surface area contributed by atoms with Gasteiger partial charge in [0.15, 0.2) is 0 Å². The molecular formula is C24H27N7O. The van der Waals surface area contributed by atoms with Crippen molar-refractivity contribution in [2.75, 3.05) is 18.5 Å². The highest BCUT2D eigenvalue weighted by Gasteiger charge is 2.22. The van der Waals surface area contributed by atoms with Gasteiger partial charge in [-0.3, -0.25) is 9.48 Å². The van der Waals surface area contributed by atoms with Gasteiger partial charge in [-0.25, -0.2) is 9.97 Å². The molecule has 1 N–H and O–H groups in total. The Morgan fingerprint density at radius 2 is 2.09 bits per heavy atom. The first kappa shape index (κ1) is 20.2. The van der Waals surface area contributed by atoms with Gasteiger partial charge in [-0.1, -0.05) is 0 Å². The lowest BCUT2D eigenvalue weighted by Gasteiger charge is -2.22. The minimum absolute atomic E-state index is 0.126. The molecule has 1 fully saturated rings. The average molecular weight is 430 g/mol. The quantitative estimate of drug-likeness (QED) is 0.527. The molecule has 5 rings (SSSR count). The maximum atomic E-state index is 12.1. The summed E-state index contributed by atoms with van der Waals surface area (Å²) in [5.74, 6) is 1.69. The second-order valence-corrected chi connectivity index (χ2v) is 8.37. The zero-order valence-electron chi connectivity index (χ0n) is 18.6. The first-order valence-corrected chi connectivity index (χ1v) is 11.0. The fourth-order valence-electron chi connectivity index (χ4n) is 4.47. The largest absolute Gasteiger partial charge is 0.355 e. The van der Waals surface area contributed by atoms with Crippen LogP contribution in [0.4, 0.5) is 5.82 Å². The third kappa shape index (κ3) is 3.62. The molecule has 1 aromatic carbocycles. The van der Waals surface area contributed by atoms with E-state index in [-0.39, 0.29) is 5.91 Å². The summed E-state index contributed by atoms with van der Waals surface area (Å²) in [4.78, 5) is 24.1. The summed E-state index contributed by atoms with van der Waals surface area (Å²) in [7, 11) is 3.54. The number of benzene rings is 1. The maximum Gasteiger partial charge on any atom is 0.251 e. The molecule has 1 unspecified atom stereocenters. The van der Waals surface area contributed by atoms with Crippen LogP contribution in [-0.4, -0.2) is 49.9 Å². The topological polar surface area (TPSA) is 80.9 Å². The highest BCUT2D eigenvalue weighted by Crippen LogP contribution is 2.29. The standard InChI is InChI=1S/C24H27N7O/c1-16-5-4-11-30(16)22-9-7-18(14-26-22)23-27-20-13-17(24(32)25-2)6-8-21(20)31(23)15-19-10-12-29(3)28-19/h6-10,12-14,16H,4-5,11,15H2,1-3H3,(H,25,32). The van der Waals surface area contributed by atoms with Gasteiger partial charge in [-0.15, -0.1) is 0 Å². The third-order valence-corrected chi connectivity index (χ3v) is 6.18. The zero-order valence-corrected chi connectivity index (χ0v) is 18.6. The molecule has 0 saturated carbocycles. The molecule has 3 aromatic heterocycles. The lowest BCUT2D eigenvalue weighted by atomic mass is 10.2. The molecule has 1 aliphatic rings. The summed E-state index contributed by atoms with van der Waals surface area (Å²) in [5.41, 5.74) is 4.20. The van der Waals surface area contributed by atoms with Gasteiger partial charge in [0, 0.05) is 50.2 Å². The number of fused-ring (bicyclic) bond motifs is 1. The van der Waals surface area contributed by atoms with Crippen LogP contribution in [0.15, 0.2) is 48.8 Å². The van der Waals surface area contributed by atoms with Crippen LogP contribution in [0.3, 0.4) is 0 Å². The van der Waals surface area contributed by atoms with Gasteiger partial charge < -0.3 is 14.8 Å². The van der Waals surface area contributed by atoms with Crippen molar-refractivity contribution in [1.82, 2.24) is 29.6 Å². The van der Waals surface area contributed by atoms with Gasteiger partial charge in [-0.05, 0) is 56.2 Å². The van der Waals surface area contributed by atoms with Crippen LogP contribution in [0.25, 0.3) is 22.4 Å². The second-order valence-electron chi connectivity index (χ2n) is 8.37. The van der Waals surface area contributed by atoms with Crippen LogP contribution in [0.2, 0.25) is 0 Å². The summed E-state index contributed by atoms with van der Waals surface area (Å²) < 4.78 is 3.94. The number of pyridine rings is 1. The monoisotopic (exact) mass is 429 g/mol. The summed E-state index contributed by atoms with van der Waals surface area (Å²) >= 11 is 0. The number of nitrogens with zero attached hydrogens (tertiary/aromatic N) is 6. The Morgan fingerprint density at radius 1 is 1.22 bits per heavy atom. The number of rotatable bonds is 5. The Morgan fingerprint density at radius 3 is 2.75 bits per heavy atom. The maximum absolute atomic E-state index is 12.1. The van der Waals surface area contributed by atoms with Crippen molar-refractivity contribution in [3.8, 4) is 11.4 Å². The molecule has 4 heterocycles. The van der Waals surface area contributed by atoms with Crippen LogP contribution in [-0.2, 0) is 13.6 Å². The predicted molar refractivity (Wildman–Crippen MR) is 125 cm³/mol. The molecule has 0 aliphatic carbocycles. The average Bonchev–Trinajstić information content (AvgIpc) is 3.52. The molecule has 164 valence electrons. The fourth-order valence-corrected chi connectivity index (χ4v) is 4.47. The number of hydrogen-bond donors (Lipinski definition) is 1. The number of amides is 1. The van der Waals surface area contributed by atoms with E-state index in [1.807, 2.05) is 43.7 Å². The summed E-state index contributed by atoms with van der Waals surface area (Å²) in [6, 6.07) is 12.3. The van der Waals surface area contributed by atoms with Gasteiger partial charge in [-0.2, -0.15) is 5.10 Å². The Labute approximate surface area is 186 Å². The van der Waals surface area contributed by atoms with Crippen molar-refractivity contribution in [1.29, 1.82) is 0 Å². The van der Waals surface area contributed by atoms with Crippen molar-refractivity contribution in [3.63, 3.8) is 0 Å². The van der Waals surface area contributed by atoms with E-state index in [4.69, 9.17) is 9.97 Å². The number of anilines is 1. The van der Waals surface area contributed by atoms with E-state index in [1.165, 1.54) is 12.8 Å². The van der Waals surface area contributed by atoms with Crippen LogP contribution >= 0.6 is 0 Å². The number of carbonyl (C=O) groups excluding carboxylic acids is 1. The van der Waals surface area contributed by atoms with Crippen molar-refractivity contribution < 1.29 is 4.79 Å². The molecule has 0 spiro atoms. The highest BCUT2D eigenvalue weighted by atomic mass is 16.1. The van der Waals surface area contributed by atoms with E-state index in [1.54, 1.807) is 11.7 Å². The van der Waals surface area contributed by atoms with Gasteiger partial charge >= 0.3 is 0 Å². The molecule has 1 atom stereocenters. The first-order chi connectivity index (χ1) is 15.5. The first-order valence-electron chi connectivity index (χ1n) is 11.0. The highest BCUT2D eigenvalue weighted by molar-refractivity contribution is 5.97. The van der Waals surface area contributed by atoms with Crippen molar-refractivity contribution in [3.05, 3.63) is 60.0 Å². The lowest BCUT2D eigenvalue weighted by Crippen LogP contribution is -2.26. The SMILES string of the molecule is CNC(=O)c1ccc2c(c1)nc(-c1ccc(N3CCCC3C)nc1)n2Cc1ccn(C)n1. The minimum Gasteiger partial charge on any atom is -0.355 e. The Hall–Kier alpha value is -3.68. The van der Waals surface area contributed by atoms with Crippen LogP contribution in [0, 0.1) is 0 Å². The van der Waals surface area contributed by atoms with Gasteiger partial charge in [0.1, 0.15) is 11.6 Å². The van der Waals surface area contributed by atoms with Crippen molar-refractivity contribution in [2.45, 2.75) is 32.4 Å². The number of aromatic nitrogens is 5. The second kappa shape index (κ2) is 8.11. The molecule has 1 aliphatic heterocycles. The molecule has 1 saturated heterocycles. The summed E-state index contributed by atoms with van der Waals surface area (Å²) in [5, 5.41) is 7.22. The number of aryl methyl sites for hydroxylation is 1. The minimum atomic E-state index is -0.126. The normalized spacial score (nSPS) is 16.1. The number of nitrogens with one attached hydrogen (secondary N) is 1. The Bertz CT molecular complexity index is 1270. The molecule has 8 heteroatoms. The van der Waals surface area contributed by atoms with E-state index in [9.17, 15) is 4.79 Å². The zero-order chi connectivity index (χ0) is 22.2. The molecule has 0 bridgehead atoms. The van der Waals surface area contributed by atoms with E-state index in [2.05, 4.69) is 38.9 Å². The van der Waals surface area contributed by atoms with Gasteiger partial charge in [0.05, 0.1) is 23.3 Å². The molecule has 0 radical (unpaired) electrons.